The van der Waals surface area contributed by atoms with E-state index in [0.29, 0.717) is 11.3 Å². The van der Waals surface area contributed by atoms with Crippen molar-refractivity contribution in [1.82, 2.24) is 25.9 Å². The number of phenols is 1. The van der Waals surface area contributed by atoms with Gasteiger partial charge < -0.3 is 42.6 Å². The van der Waals surface area contributed by atoms with Gasteiger partial charge in [-0.3, -0.25) is 24.0 Å². The van der Waals surface area contributed by atoms with Crippen LogP contribution < -0.4 is 27.4 Å². The van der Waals surface area contributed by atoms with Crippen molar-refractivity contribution < 1.29 is 34.2 Å². The van der Waals surface area contributed by atoms with E-state index >= 15 is 0 Å². The number of amides is 4. The number of carboxylic acid groups (broad SMARTS) is 1. The van der Waals surface area contributed by atoms with Crippen LogP contribution in [0.1, 0.15) is 17.7 Å². The molecule has 188 valence electrons. The molecule has 3 atom stereocenters. The number of aromatic amines is 1. The maximum Gasteiger partial charge on any atom is 0.322 e. The van der Waals surface area contributed by atoms with Gasteiger partial charge in [0, 0.05) is 24.7 Å². The van der Waals surface area contributed by atoms with Crippen molar-refractivity contribution in [3.63, 3.8) is 0 Å². The zero-order valence-electron chi connectivity index (χ0n) is 18.6. The molecule has 14 heteroatoms. The summed E-state index contributed by atoms with van der Waals surface area (Å²) in [7, 11) is 0. The van der Waals surface area contributed by atoms with Gasteiger partial charge in [0.2, 0.25) is 23.6 Å². The molecule has 10 N–H and O–H groups in total. The highest BCUT2D eigenvalue weighted by Crippen LogP contribution is 2.12. The Balaban J connectivity index is 2.22. The van der Waals surface area contributed by atoms with Crippen LogP contribution in [-0.4, -0.2) is 74.4 Å². The minimum absolute atomic E-state index is 0.00279. The molecule has 4 amide bonds. The molecule has 14 nitrogen and oxygen atoms in total. The maximum atomic E-state index is 13.1. The number of aromatic hydroxyl groups is 1. The molecule has 0 fully saturated rings. The third kappa shape index (κ3) is 9.13. The summed E-state index contributed by atoms with van der Waals surface area (Å²) < 4.78 is 0. The summed E-state index contributed by atoms with van der Waals surface area (Å²) in [5, 5.41) is 25.5. The van der Waals surface area contributed by atoms with Gasteiger partial charge in [-0.05, 0) is 17.7 Å². The van der Waals surface area contributed by atoms with E-state index in [4.69, 9.17) is 16.6 Å². The Labute approximate surface area is 199 Å². The van der Waals surface area contributed by atoms with Gasteiger partial charge in [-0.25, -0.2) is 4.98 Å². The van der Waals surface area contributed by atoms with Crippen LogP contribution in [0.3, 0.4) is 0 Å². The Hall–Kier alpha value is -4.46. The second-order valence-electron chi connectivity index (χ2n) is 7.66. The molecule has 1 aromatic heterocycles. The molecule has 1 aromatic carbocycles. The number of primary amides is 1. The molecule has 1 heterocycles. The number of imidazole rings is 1. The molecule has 0 aliphatic rings. The first-order valence-corrected chi connectivity index (χ1v) is 10.4. The van der Waals surface area contributed by atoms with E-state index in [1.54, 1.807) is 0 Å². The van der Waals surface area contributed by atoms with E-state index in [9.17, 15) is 29.1 Å². The van der Waals surface area contributed by atoms with Crippen LogP contribution in [0, 0.1) is 0 Å². The van der Waals surface area contributed by atoms with Gasteiger partial charge in [0.05, 0.1) is 18.8 Å². The second kappa shape index (κ2) is 12.7. The molecule has 0 radical (unpaired) electrons. The molecule has 3 unspecified atom stereocenters. The summed E-state index contributed by atoms with van der Waals surface area (Å²) in [6, 6.07) is 2.11. The molecule has 35 heavy (non-hydrogen) atoms. The van der Waals surface area contributed by atoms with E-state index in [1.165, 1.54) is 36.8 Å². The number of phenolic OH excluding ortho intramolecular Hbond substituents is 1. The van der Waals surface area contributed by atoms with Gasteiger partial charge in [0.25, 0.3) is 0 Å². The Morgan fingerprint density at radius 2 is 1.60 bits per heavy atom. The topological polar surface area (TPSA) is 243 Å². The van der Waals surface area contributed by atoms with E-state index in [-0.39, 0.29) is 18.6 Å². The van der Waals surface area contributed by atoms with Gasteiger partial charge in [-0.1, -0.05) is 12.1 Å². The Kier molecular flexibility index (Phi) is 9.71. The molecule has 0 spiro atoms. The van der Waals surface area contributed by atoms with Crippen LogP contribution >= 0.6 is 0 Å². The van der Waals surface area contributed by atoms with Crippen LogP contribution in [0.4, 0.5) is 0 Å². The largest absolute Gasteiger partial charge is 0.508 e. The molecule has 2 rings (SSSR count). The third-order valence-electron chi connectivity index (χ3n) is 4.79. The van der Waals surface area contributed by atoms with E-state index in [1.807, 2.05) is 0 Å². The number of carbonyl (C=O) groups excluding carboxylic acids is 4. The Morgan fingerprint density at radius 1 is 0.971 bits per heavy atom. The molecule has 0 aliphatic heterocycles. The highest BCUT2D eigenvalue weighted by Gasteiger charge is 2.29. The summed E-state index contributed by atoms with van der Waals surface area (Å²) >= 11 is 0. The number of carbonyl (C=O) groups is 5. The van der Waals surface area contributed by atoms with Gasteiger partial charge in [0.15, 0.2) is 0 Å². The minimum Gasteiger partial charge on any atom is -0.508 e. The average molecular weight is 489 g/mol. The van der Waals surface area contributed by atoms with Gasteiger partial charge in [0.1, 0.15) is 24.4 Å². The molecule has 0 bridgehead atoms. The predicted molar refractivity (Wildman–Crippen MR) is 120 cm³/mol. The lowest BCUT2D eigenvalue weighted by Crippen LogP contribution is -2.57. The lowest BCUT2D eigenvalue weighted by atomic mass is 10.0. The van der Waals surface area contributed by atoms with Crippen LogP contribution in [0.15, 0.2) is 36.8 Å². The van der Waals surface area contributed by atoms with Crippen molar-refractivity contribution in [3.05, 3.63) is 48.0 Å². The number of carboxylic acids is 1. The van der Waals surface area contributed by atoms with Crippen molar-refractivity contribution in [3.8, 4) is 5.75 Å². The summed E-state index contributed by atoms with van der Waals surface area (Å²) in [6.45, 7) is -0.663. The van der Waals surface area contributed by atoms with E-state index < -0.39 is 60.7 Å². The number of aliphatic carboxylic acids is 1. The van der Waals surface area contributed by atoms with Gasteiger partial charge in [-0.15, -0.1) is 0 Å². The lowest BCUT2D eigenvalue weighted by Gasteiger charge is -2.24. The number of aromatic nitrogens is 2. The quantitative estimate of drug-likeness (QED) is 0.145. The summed E-state index contributed by atoms with van der Waals surface area (Å²) in [4.78, 5) is 66.8. The van der Waals surface area contributed by atoms with E-state index in [2.05, 4.69) is 25.9 Å². The minimum atomic E-state index is -1.30. The smallest absolute Gasteiger partial charge is 0.322 e. The first-order chi connectivity index (χ1) is 16.5. The van der Waals surface area contributed by atoms with Crippen LogP contribution in [0.5, 0.6) is 5.75 Å². The predicted octanol–water partition coefficient (Wildman–Crippen LogP) is -2.73. The van der Waals surface area contributed by atoms with Crippen molar-refractivity contribution in [2.75, 3.05) is 6.54 Å². The summed E-state index contributed by atoms with van der Waals surface area (Å²) in [5.74, 6) is -4.43. The number of H-pyrrole nitrogens is 1. The molecular weight excluding hydrogens is 462 g/mol. The number of hydrogen-bond acceptors (Lipinski definition) is 8. The Morgan fingerprint density at radius 3 is 2.17 bits per heavy atom. The summed E-state index contributed by atoms with van der Waals surface area (Å²) in [6.07, 6.45) is 2.27. The Bertz CT molecular complexity index is 1040. The maximum absolute atomic E-state index is 13.1. The number of nitrogens with zero attached hydrogens (tertiary/aromatic N) is 1. The number of nitrogens with one attached hydrogen (secondary N) is 4. The fraction of sp³-hybridized carbons (Fsp3) is 0.333. The number of rotatable bonds is 13. The highest BCUT2D eigenvalue weighted by molar-refractivity contribution is 5.95. The zero-order chi connectivity index (χ0) is 26.0. The fourth-order valence-corrected chi connectivity index (χ4v) is 3.05. The summed E-state index contributed by atoms with van der Waals surface area (Å²) in [5.41, 5.74) is 11.8. The first-order valence-electron chi connectivity index (χ1n) is 10.4. The molecule has 0 aliphatic carbocycles. The van der Waals surface area contributed by atoms with Gasteiger partial charge >= 0.3 is 5.97 Å². The van der Waals surface area contributed by atoms with Crippen molar-refractivity contribution in [1.29, 1.82) is 0 Å². The number of hydrogen-bond donors (Lipinski definition) is 8. The van der Waals surface area contributed by atoms with Crippen LogP contribution in [0.25, 0.3) is 0 Å². The molecule has 0 saturated heterocycles. The zero-order valence-corrected chi connectivity index (χ0v) is 18.6. The molecule has 0 saturated carbocycles. The standard InChI is InChI=1S/C21H27N7O7/c22-14(7-17(23)30)19(33)27-15(5-11-1-3-13(29)4-2-11)21(35)28-16(6-12-8-24-10-26-12)20(34)25-9-18(31)32/h1-4,8,10,14-16,29H,5-7,9,22H2,(H2,23,30)(H,24,26)(H,25,34)(H,27,33)(H,28,35)(H,31,32). The lowest BCUT2D eigenvalue weighted by molar-refractivity contribution is -0.138. The van der Waals surface area contributed by atoms with Crippen LogP contribution in [0.2, 0.25) is 0 Å². The van der Waals surface area contributed by atoms with Crippen molar-refractivity contribution in [2.24, 2.45) is 11.5 Å². The highest BCUT2D eigenvalue weighted by atomic mass is 16.4. The van der Waals surface area contributed by atoms with Gasteiger partial charge in [-0.2, -0.15) is 0 Å². The third-order valence-corrected chi connectivity index (χ3v) is 4.79. The second-order valence-corrected chi connectivity index (χ2v) is 7.66. The van der Waals surface area contributed by atoms with Crippen LogP contribution in [-0.2, 0) is 36.8 Å². The number of nitrogens with two attached hydrogens (primary N) is 2. The fourth-order valence-electron chi connectivity index (χ4n) is 3.05. The van der Waals surface area contributed by atoms with E-state index in [0.717, 1.165) is 0 Å². The molecule has 2 aromatic rings. The van der Waals surface area contributed by atoms with Crippen molar-refractivity contribution in [2.45, 2.75) is 37.4 Å². The number of benzene rings is 1. The normalized spacial score (nSPS) is 13.2. The monoisotopic (exact) mass is 489 g/mol. The average Bonchev–Trinajstić information content (AvgIpc) is 3.30. The van der Waals surface area contributed by atoms with Crippen molar-refractivity contribution >= 4 is 29.6 Å². The SMILES string of the molecule is NC(=O)CC(N)C(=O)NC(Cc1ccc(O)cc1)C(=O)NC(Cc1cnc[nH]1)C(=O)NCC(=O)O. The molecular formula is C21H27N7O7. The first kappa shape index (κ1) is 26.8.